The van der Waals surface area contributed by atoms with Crippen LogP contribution in [-0.2, 0) is 0 Å². The molecule has 74 valence electrons. The predicted molar refractivity (Wildman–Crippen MR) is 54.9 cm³/mol. The molecule has 0 bridgehead atoms. The van der Waals surface area contributed by atoms with Gasteiger partial charge in [0.2, 0.25) is 0 Å². The summed E-state index contributed by atoms with van der Waals surface area (Å²) in [6.07, 6.45) is 0. The normalized spacial score (nSPS) is 26.4. The summed E-state index contributed by atoms with van der Waals surface area (Å²) in [6, 6.07) is 10.4. The third kappa shape index (κ3) is 1.35. The van der Waals surface area contributed by atoms with E-state index in [1.165, 1.54) is 0 Å². The van der Waals surface area contributed by atoms with Crippen molar-refractivity contribution in [3.8, 4) is 0 Å². The second-order valence-electron chi connectivity index (χ2n) is 3.69. The van der Waals surface area contributed by atoms with Gasteiger partial charge in [0.15, 0.2) is 0 Å². The maximum atomic E-state index is 11.4. The third-order valence-electron chi connectivity index (χ3n) is 2.85. The first kappa shape index (κ1) is 9.06. The standard InChI is InChI=1S/C11H14N2O/c1-8-10(12-11(14)13(8)2)9-6-4-3-5-7-9/h3-8,10H,1-2H3,(H,12,14)/t8?,10-/m1/s1. The van der Waals surface area contributed by atoms with Crippen molar-refractivity contribution in [2.75, 3.05) is 7.05 Å². The molecule has 1 saturated heterocycles. The number of nitrogens with zero attached hydrogens (tertiary/aromatic N) is 1. The van der Waals surface area contributed by atoms with Crippen molar-refractivity contribution in [2.24, 2.45) is 0 Å². The second-order valence-corrected chi connectivity index (χ2v) is 3.69. The number of hydrogen-bond acceptors (Lipinski definition) is 1. The minimum atomic E-state index is 0.00588. The summed E-state index contributed by atoms with van der Waals surface area (Å²) < 4.78 is 0. The van der Waals surface area contributed by atoms with Gasteiger partial charge in [0.05, 0.1) is 12.1 Å². The Morgan fingerprint density at radius 1 is 1.29 bits per heavy atom. The predicted octanol–water partition coefficient (Wildman–Crippen LogP) is 1.77. The number of benzene rings is 1. The number of carbonyl (C=O) groups excluding carboxylic acids is 1. The molecule has 1 aromatic rings. The van der Waals surface area contributed by atoms with E-state index in [0.717, 1.165) is 5.56 Å². The van der Waals surface area contributed by atoms with Crippen LogP contribution in [0.15, 0.2) is 30.3 Å². The first-order valence-electron chi connectivity index (χ1n) is 4.78. The Morgan fingerprint density at radius 2 is 1.93 bits per heavy atom. The van der Waals surface area contributed by atoms with E-state index in [2.05, 4.69) is 12.2 Å². The fourth-order valence-corrected chi connectivity index (χ4v) is 1.79. The Labute approximate surface area is 83.7 Å². The highest BCUT2D eigenvalue weighted by Gasteiger charge is 2.34. The molecule has 0 aliphatic carbocycles. The second kappa shape index (κ2) is 3.33. The number of nitrogens with one attached hydrogen (secondary N) is 1. The Bertz CT molecular complexity index is 336. The zero-order valence-electron chi connectivity index (χ0n) is 8.40. The van der Waals surface area contributed by atoms with Gasteiger partial charge in [-0.25, -0.2) is 4.79 Å². The molecular weight excluding hydrogens is 176 g/mol. The minimum absolute atomic E-state index is 0.00588. The highest BCUT2D eigenvalue weighted by Crippen LogP contribution is 2.25. The number of carbonyl (C=O) groups is 1. The van der Waals surface area contributed by atoms with E-state index in [0.29, 0.717) is 0 Å². The van der Waals surface area contributed by atoms with Crippen LogP contribution in [0.4, 0.5) is 4.79 Å². The first-order valence-corrected chi connectivity index (χ1v) is 4.78. The van der Waals surface area contributed by atoms with E-state index in [-0.39, 0.29) is 18.1 Å². The molecule has 1 unspecified atom stereocenters. The molecule has 1 aromatic carbocycles. The van der Waals surface area contributed by atoms with E-state index in [1.54, 1.807) is 4.90 Å². The van der Waals surface area contributed by atoms with E-state index in [4.69, 9.17) is 0 Å². The zero-order valence-corrected chi connectivity index (χ0v) is 8.40. The zero-order chi connectivity index (χ0) is 10.1. The lowest BCUT2D eigenvalue weighted by molar-refractivity contribution is 0.218. The molecule has 0 aromatic heterocycles. The van der Waals surface area contributed by atoms with Crippen molar-refractivity contribution >= 4 is 6.03 Å². The van der Waals surface area contributed by atoms with Crippen LogP contribution in [-0.4, -0.2) is 24.0 Å². The summed E-state index contributed by atoms with van der Waals surface area (Å²) in [5, 5.41) is 2.96. The van der Waals surface area contributed by atoms with Gasteiger partial charge in [-0.15, -0.1) is 0 Å². The molecule has 0 saturated carbocycles. The summed E-state index contributed by atoms with van der Waals surface area (Å²) in [5.41, 5.74) is 1.16. The molecule has 1 fully saturated rings. The Hall–Kier alpha value is -1.51. The first-order chi connectivity index (χ1) is 6.70. The van der Waals surface area contributed by atoms with Crippen molar-refractivity contribution in [3.63, 3.8) is 0 Å². The van der Waals surface area contributed by atoms with Crippen LogP contribution in [0.1, 0.15) is 18.5 Å². The van der Waals surface area contributed by atoms with Crippen LogP contribution in [0.2, 0.25) is 0 Å². The molecule has 1 aliphatic heterocycles. The lowest BCUT2D eigenvalue weighted by atomic mass is 10.0. The highest BCUT2D eigenvalue weighted by molar-refractivity contribution is 5.77. The summed E-state index contributed by atoms with van der Waals surface area (Å²) in [5.74, 6) is 0. The number of rotatable bonds is 1. The molecule has 2 atom stereocenters. The number of amides is 2. The minimum Gasteiger partial charge on any atom is -0.329 e. The van der Waals surface area contributed by atoms with Gasteiger partial charge in [-0.3, -0.25) is 0 Å². The van der Waals surface area contributed by atoms with Crippen LogP contribution in [0.5, 0.6) is 0 Å². The van der Waals surface area contributed by atoms with Gasteiger partial charge in [0.25, 0.3) is 0 Å². The molecule has 2 amide bonds. The molecule has 1 heterocycles. The van der Waals surface area contributed by atoms with E-state index in [1.807, 2.05) is 37.4 Å². The maximum absolute atomic E-state index is 11.4. The largest absolute Gasteiger partial charge is 0.329 e. The Balaban J connectivity index is 2.26. The molecule has 3 heteroatoms. The van der Waals surface area contributed by atoms with Crippen LogP contribution >= 0.6 is 0 Å². The van der Waals surface area contributed by atoms with Gasteiger partial charge >= 0.3 is 6.03 Å². The molecule has 1 aliphatic rings. The van der Waals surface area contributed by atoms with Crippen molar-refractivity contribution in [1.29, 1.82) is 0 Å². The van der Waals surface area contributed by atoms with Crippen molar-refractivity contribution in [3.05, 3.63) is 35.9 Å². The van der Waals surface area contributed by atoms with Crippen LogP contribution in [0, 0.1) is 0 Å². The van der Waals surface area contributed by atoms with Crippen molar-refractivity contribution in [1.82, 2.24) is 10.2 Å². The third-order valence-corrected chi connectivity index (χ3v) is 2.85. The van der Waals surface area contributed by atoms with Crippen molar-refractivity contribution in [2.45, 2.75) is 19.0 Å². The summed E-state index contributed by atoms with van der Waals surface area (Å²) in [6.45, 7) is 2.05. The summed E-state index contributed by atoms with van der Waals surface area (Å²) in [4.78, 5) is 13.1. The van der Waals surface area contributed by atoms with Gasteiger partial charge in [-0.1, -0.05) is 30.3 Å². The molecule has 0 spiro atoms. The number of hydrogen-bond donors (Lipinski definition) is 1. The van der Waals surface area contributed by atoms with E-state index >= 15 is 0 Å². The maximum Gasteiger partial charge on any atom is 0.318 e. The van der Waals surface area contributed by atoms with Crippen LogP contribution in [0.3, 0.4) is 0 Å². The summed E-state index contributed by atoms with van der Waals surface area (Å²) >= 11 is 0. The molecular formula is C11H14N2O. The average Bonchev–Trinajstić information content (AvgIpc) is 2.47. The monoisotopic (exact) mass is 190 g/mol. The lowest BCUT2D eigenvalue weighted by Gasteiger charge is -2.18. The fourth-order valence-electron chi connectivity index (χ4n) is 1.79. The number of urea groups is 1. The molecule has 0 radical (unpaired) electrons. The van der Waals surface area contributed by atoms with Gasteiger partial charge in [-0.2, -0.15) is 0 Å². The summed E-state index contributed by atoms with van der Waals surface area (Å²) in [7, 11) is 1.82. The lowest BCUT2D eigenvalue weighted by Crippen LogP contribution is -2.27. The van der Waals surface area contributed by atoms with E-state index in [9.17, 15) is 4.79 Å². The van der Waals surface area contributed by atoms with E-state index < -0.39 is 0 Å². The molecule has 1 N–H and O–H groups in total. The Morgan fingerprint density at radius 3 is 2.43 bits per heavy atom. The van der Waals surface area contributed by atoms with Gasteiger partial charge < -0.3 is 10.2 Å². The quantitative estimate of drug-likeness (QED) is 0.719. The fraction of sp³-hybridized carbons (Fsp3) is 0.364. The van der Waals surface area contributed by atoms with Crippen LogP contribution < -0.4 is 5.32 Å². The van der Waals surface area contributed by atoms with Gasteiger partial charge in [-0.05, 0) is 12.5 Å². The molecule has 14 heavy (non-hydrogen) atoms. The molecule has 2 rings (SSSR count). The van der Waals surface area contributed by atoms with Crippen LogP contribution in [0.25, 0.3) is 0 Å². The Kier molecular flexibility index (Phi) is 2.15. The van der Waals surface area contributed by atoms with Gasteiger partial charge in [0.1, 0.15) is 0 Å². The van der Waals surface area contributed by atoms with Gasteiger partial charge in [0, 0.05) is 7.05 Å². The highest BCUT2D eigenvalue weighted by atomic mass is 16.2. The number of likely N-dealkylation sites (N-methyl/N-ethyl adjacent to an activating group) is 1. The SMILES string of the molecule is CC1[C@H](c2ccccc2)NC(=O)N1C. The smallest absolute Gasteiger partial charge is 0.318 e. The molecule has 3 nitrogen and oxygen atoms in total. The van der Waals surface area contributed by atoms with Crippen molar-refractivity contribution < 1.29 is 4.79 Å². The topological polar surface area (TPSA) is 32.3 Å². The average molecular weight is 190 g/mol.